The first-order valence-electron chi connectivity index (χ1n) is 6.05. The smallest absolute Gasteiger partial charge is 0.335 e. The van der Waals surface area contributed by atoms with E-state index in [0.29, 0.717) is 16.4 Å². The molecule has 1 heterocycles. The van der Waals surface area contributed by atoms with Gasteiger partial charge in [0.25, 0.3) is 0 Å². The van der Waals surface area contributed by atoms with Crippen LogP contribution < -0.4 is 4.74 Å². The van der Waals surface area contributed by atoms with Crippen molar-refractivity contribution >= 4 is 28.5 Å². The summed E-state index contributed by atoms with van der Waals surface area (Å²) in [5, 5.41) is 10.3. The molecule has 2 aromatic rings. The minimum Gasteiger partial charge on any atom is -0.488 e. The maximum atomic E-state index is 11.1. The quantitative estimate of drug-likeness (QED) is 0.873. The van der Waals surface area contributed by atoms with Crippen molar-refractivity contribution in [2.45, 2.75) is 25.9 Å². The Kier molecular flexibility index (Phi) is 2.82. The van der Waals surface area contributed by atoms with E-state index in [4.69, 9.17) is 21.4 Å². The summed E-state index contributed by atoms with van der Waals surface area (Å²) < 4.78 is 5.74. The number of rotatable bonds is 3. The highest BCUT2D eigenvalue weighted by Crippen LogP contribution is 2.34. The molecule has 98 valence electrons. The van der Waals surface area contributed by atoms with Crippen molar-refractivity contribution < 1.29 is 14.6 Å². The van der Waals surface area contributed by atoms with Gasteiger partial charge in [0.1, 0.15) is 16.4 Å². The van der Waals surface area contributed by atoms with E-state index in [1.807, 2.05) is 13.0 Å². The minimum atomic E-state index is -0.977. The van der Waals surface area contributed by atoms with Gasteiger partial charge in [-0.25, -0.2) is 9.78 Å². The standard InChI is InChI=1S/C14H12ClNO3/c1-7-4-8-5-9(14(17)18)6-11(19-10-2-3-10)12(8)16-13(7)15/h4-6,10H,2-3H2,1H3,(H,17,18). The number of aryl methyl sites for hydroxylation is 1. The molecule has 1 aromatic carbocycles. The van der Waals surface area contributed by atoms with Crippen LogP contribution in [0.1, 0.15) is 28.8 Å². The second-order valence-corrected chi connectivity index (χ2v) is 5.12. The molecule has 1 aliphatic rings. The highest BCUT2D eigenvalue weighted by atomic mass is 35.5. The molecule has 1 fully saturated rings. The van der Waals surface area contributed by atoms with Crippen molar-refractivity contribution in [1.82, 2.24) is 4.98 Å². The van der Waals surface area contributed by atoms with Crippen LogP contribution in [0, 0.1) is 6.92 Å². The van der Waals surface area contributed by atoms with E-state index in [1.165, 1.54) is 6.07 Å². The third-order valence-corrected chi connectivity index (χ3v) is 3.46. The van der Waals surface area contributed by atoms with Crippen LogP contribution in [0.15, 0.2) is 18.2 Å². The zero-order chi connectivity index (χ0) is 13.6. The van der Waals surface area contributed by atoms with Gasteiger partial charge < -0.3 is 9.84 Å². The number of ether oxygens (including phenoxy) is 1. The van der Waals surface area contributed by atoms with Crippen molar-refractivity contribution in [3.05, 3.63) is 34.5 Å². The Hall–Kier alpha value is -1.81. The van der Waals surface area contributed by atoms with Gasteiger partial charge in [0.05, 0.1) is 11.7 Å². The summed E-state index contributed by atoms with van der Waals surface area (Å²) in [6.45, 7) is 1.84. The van der Waals surface area contributed by atoms with Crippen LogP contribution in [0.4, 0.5) is 0 Å². The number of carboxylic acid groups (broad SMARTS) is 1. The summed E-state index contributed by atoms with van der Waals surface area (Å²) in [7, 11) is 0. The number of halogens is 1. The molecule has 19 heavy (non-hydrogen) atoms. The van der Waals surface area contributed by atoms with Gasteiger partial charge in [-0.1, -0.05) is 11.6 Å². The number of fused-ring (bicyclic) bond motifs is 1. The Morgan fingerprint density at radius 2 is 2.16 bits per heavy atom. The molecule has 0 aliphatic heterocycles. The first kappa shape index (κ1) is 12.2. The zero-order valence-corrected chi connectivity index (χ0v) is 11.1. The third-order valence-electron chi connectivity index (χ3n) is 3.08. The van der Waals surface area contributed by atoms with Gasteiger partial charge in [0.15, 0.2) is 0 Å². The average molecular weight is 278 g/mol. The van der Waals surface area contributed by atoms with Crippen LogP contribution in [0.25, 0.3) is 10.9 Å². The van der Waals surface area contributed by atoms with Gasteiger partial charge >= 0.3 is 5.97 Å². The second-order valence-electron chi connectivity index (χ2n) is 4.76. The van der Waals surface area contributed by atoms with E-state index in [2.05, 4.69) is 4.98 Å². The first-order chi connectivity index (χ1) is 9.04. The largest absolute Gasteiger partial charge is 0.488 e. The van der Waals surface area contributed by atoms with Crippen LogP contribution in [0.3, 0.4) is 0 Å². The molecule has 5 heteroatoms. The highest BCUT2D eigenvalue weighted by Gasteiger charge is 2.25. The molecule has 0 atom stereocenters. The van der Waals surface area contributed by atoms with E-state index >= 15 is 0 Å². The fourth-order valence-electron chi connectivity index (χ4n) is 1.92. The summed E-state index contributed by atoms with van der Waals surface area (Å²) in [4.78, 5) is 15.5. The minimum absolute atomic E-state index is 0.175. The Balaban J connectivity index is 2.22. The topological polar surface area (TPSA) is 59.4 Å². The van der Waals surface area contributed by atoms with Gasteiger partial charge in [-0.2, -0.15) is 0 Å². The van der Waals surface area contributed by atoms with E-state index in [-0.39, 0.29) is 11.7 Å². The molecule has 0 unspecified atom stereocenters. The molecule has 4 nitrogen and oxygen atoms in total. The predicted molar refractivity (Wildman–Crippen MR) is 72.1 cm³/mol. The number of carboxylic acids is 1. The van der Waals surface area contributed by atoms with Crippen molar-refractivity contribution in [2.75, 3.05) is 0 Å². The molecule has 0 radical (unpaired) electrons. The Morgan fingerprint density at radius 3 is 2.79 bits per heavy atom. The molecule has 0 bridgehead atoms. The van der Waals surface area contributed by atoms with Crippen LogP contribution in [0.5, 0.6) is 5.75 Å². The molecule has 1 aliphatic carbocycles. The van der Waals surface area contributed by atoms with Crippen molar-refractivity contribution in [2.24, 2.45) is 0 Å². The van der Waals surface area contributed by atoms with Crippen molar-refractivity contribution in [3.8, 4) is 5.75 Å². The number of benzene rings is 1. The molecule has 1 aromatic heterocycles. The summed E-state index contributed by atoms with van der Waals surface area (Å²) in [6, 6.07) is 4.94. The summed E-state index contributed by atoms with van der Waals surface area (Å²) in [6.07, 6.45) is 2.17. The lowest BCUT2D eigenvalue weighted by Crippen LogP contribution is -2.02. The number of aromatic carboxylic acids is 1. The molecular weight excluding hydrogens is 266 g/mol. The fraction of sp³-hybridized carbons (Fsp3) is 0.286. The predicted octanol–water partition coefficient (Wildman–Crippen LogP) is 3.44. The molecule has 0 saturated heterocycles. The van der Waals surface area contributed by atoms with Crippen molar-refractivity contribution in [1.29, 1.82) is 0 Å². The number of hydrogen-bond donors (Lipinski definition) is 1. The summed E-state index contributed by atoms with van der Waals surface area (Å²) in [5.41, 5.74) is 1.63. The summed E-state index contributed by atoms with van der Waals surface area (Å²) in [5.74, 6) is -0.477. The lowest BCUT2D eigenvalue weighted by atomic mass is 10.1. The monoisotopic (exact) mass is 277 g/mol. The van der Waals surface area contributed by atoms with Gasteiger partial charge in [-0.15, -0.1) is 0 Å². The molecule has 0 amide bonds. The van der Waals surface area contributed by atoms with Gasteiger partial charge in [-0.3, -0.25) is 0 Å². The Labute approximate surface area is 115 Å². The third kappa shape index (κ3) is 2.36. The van der Waals surface area contributed by atoms with E-state index in [9.17, 15) is 4.79 Å². The van der Waals surface area contributed by atoms with Crippen LogP contribution in [0.2, 0.25) is 5.15 Å². The van der Waals surface area contributed by atoms with Gasteiger partial charge in [0.2, 0.25) is 0 Å². The molecule has 1 saturated carbocycles. The van der Waals surface area contributed by atoms with E-state index in [0.717, 1.165) is 23.8 Å². The van der Waals surface area contributed by atoms with Gasteiger partial charge in [0, 0.05) is 5.39 Å². The lowest BCUT2D eigenvalue weighted by molar-refractivity contribution is 0.0696. The SMILES string of the molecule is Cc1cc2cc(C(=O)O)cc(OC3CC3)c2nc1Cl. The van der Waals surface area contributed by atoms with Crippen molar-refractivity contribution in [3.63, 3.8) is 0 Å². The van der Waals surface area contributed by atoms with Gasteiger partial charge in [-0.05, 0) is 43.5 Å². The number of nitrogens with zero attached hydrogens (tertiary/aromatic N) is 1. The highest BCUT2D eigenvalue weighted by molar-refractivity contribution is 6.30. The normalized spacial score (nSPS) is 14.6. The Morgan fingerprint density at radius 1 is 1.42 bits per heavy atom. The molecule has 1 N–H and O–H groups in total. The van der Waals surface area contributed by atoms with Crippen LogP contribution in [-0.4, -0.2) is 22.2 Å². The average Bonchev–Trinajstić information content (AvgIpc) is 3.15. The number of aromatic nitrogens is 1. The second kappa shape index (κ2) is 4.38. The molecule has 3 rings (SSSR count). The number of carbonyl (C=O) groups is 1. The molecule has 0 spiro atoms. The summed E-state index contributed by atoms with van der Waals surface area (Å²) >= 11 is 6.03. The first-order valence-corrected chi connectivity index (χ1v) is 6.43. The fourth-order valence-corrected chi connectivity index (χ4v) is 2.06. The molecular formula is C14H12ClNO3. The van der Waals surface area contributed by atoms with E-state index in [1.54, 1.807) is 6.07 Å². The Bertz CT molecular complexity index is 680. The number of hydrogen-bond acceptors (Lipinski definition) is 3. The van der Waals surface area contributed by atoms with E-state index < -0.39 is 5.97 Å². The maximum absolute atomic E-state index is 11.1. The maximum Gasteiger partial charge on any atom is 0.335 e. The lowest BCUT2D eigenvalue weighted by Gasteiger charge is -2.10. The number of pyridine rings is 1. The van der Waals surface area contributed by atoms with Crippen LogP contribution >= 0.6 is 11.6 Å². The van der Waals surface area contributed by atoms with Crippen LogP contribution in [-0.2, 0) is 0 Å². The zero-order valence-electron chi connectivity index (χ0n) is 10.3.